The van der Waals surface area contributed by atoms with Crippen molar-refractivity contribution in [2.75, 3.05) is 5.32 Å². The summed E-state index contributed by atoms with van der Waals surface area (Å²) < 4.78 is 0. The first-order chi connectivity index (χ1) is 9.00. The highest BCUT2D eigenvalue weighted by molar-refractivity contribution is 6.36. The minimum atomic E-state index is -1.18. The zero-order valence-electron chi connectivity index (χ0n) is 10.1. The van der Waals surface area contributed by atoms with E-state index in [4.69, 9.17) is 16.7 Å². The van der Waals surface area contributed by atoms with Gasteiger partial charge in [-0.2, -0.15) is 0 Å². The molecule has 6 heteroatoms. The molecule has 0 spiro atoms. The molecular weight excluding hydrogens is 268 g/mol. The van der Waals surface area contributed by atoms with Gasteiger partial charge in [0.1, 0.15) is 5.92 Å². The van der Waals surface area contributed by atoms with Gasteiger partial charge in [-0.05, 0) is 31.2 Å². The van der Waals surface area contributed by atoms with E-state index in [1.807, 2.05) is 0 Å². The zero-order chi connectivity index (χ0) is 14.0. The zero-order valence-corrected chi connectivity index (χ0v) is 10.8. The maximum Gasteiger partial charge on any atom is 0.315 e. The van der Waals surface area contributed by atoms with Gasteiger partial charge in [-0.15, -0.1) is 0 Å². The number of hydrogen-bond acceptors (Lipinski definition) is 3. The lowest BCUT2D eigenvalue weighted by molar-refractivity contribution is -0.144. The Morgan fingerprint density at radius 1 is 1.37 bits per heavy atom. The maximum atomic E-state index is 11.7. The molecule has 1 heterocycles. The van der Waals surface area contributed by atoms with Gasteiger partial charge < -0.3 is 10.4 Å². The fourth-order valence-corrected chi connectivity index (χ4v) is 1.81. The second-order valence-electron chi connectivity index (χ2n) is 4.04. The van der Waals surface area contributed by atoms with Crippen LogP contribution in [0.2, 0.25) is 5.02 Å². The predicted octanol–water partition coefficient (Wildman–Crippen LogP) is 2.55. The van der Waals surface area contributed by atoms with Crippen LogP contribution in [0.4, 0.5) is 5.69 Å². The largest absolute Gasteiger partial charge is 0.481 e. The molecule has 0 bridgehead atoms. The number of rotatable bonds is 3. The highest BCUT2D eigenvalue weighted by Crippen LogP contribution is 2.28. The fraction of sp³-hybridized carbons (Fsp3) is 0.154. The van der Waals surface area contributed by atoms with Crippen molar-refractivity contribution in [2.45, 2.75) is 6.92 Å². The third-order valence-electron chi connectivity index (χ3n) is 2.74. The normalized spacial score (nSPS) is 12.1. The summed E-state index contributed by atoms with van der Waals surface area (Å²) in [6, 6.07) is 6.75. The lowest BCUT2D eigenvalue weighted by Gasteiger charge is -2.11. The van der Waals surface area contributed by atoms with Crippen LogP contribution in [0, 0.1) is 5.92 Å². The molecule has 5 nitrogen and oxygen atoms in total. The summed E-state index contributed by atoms with van der Waals surface area (Å²) in [5.74, 6) is -2.90. The van der Waals surface area contributed by atoms with Crippen LogP contribution in [0.5, 0.6) is 0 Å². The Bertz CT molecular complexity index is 657. The molecule has 0 aliphatic rings. The first-order valence-corrected chi connectivity index (χ1v) is 5.95. The summed E-state index contributed by atoms with van der Waals surface area (Å²) in [5, 5.41) is 12.6. The molecule has 0 fully saturated rings. The summed E-state index contributed by atoms with van der Waals surface area (Å²) in [4.78, 5) is 26.6. The molecule has 0 radical (unpaired) electrons. The van der Waals surface area contributed by atoms with Crippen molar-refractivity contribution in [3.8, 4) is 0 Å². The minimum Gasteiger partial charge on any atom is -0.481 e. The molecular formula is C13H11ClN2O3. The summed E-state index contributed by atoms with van der Waals surface area (Å²) >= 11 is 6.03. The first kappa shape index (κ1) is 13.3. The quantitative estimate of drug-likeness (QED) is 0.846. The topological polar surface area (TPSA) is 79.3 Å². The lowest BCUT2D eigenvalue weighted by atomic mass is 10.1. The van der Waals surface area contributed by atoms with Gasteiger partial charge in [0.15, 0.2) is 0 Å². The highest BCUT2D eigenvalue weighted by atomic mass is 35.5. The summed E-state index contributed by atoms with van der Waals surface area (Å²) in [6.07, 6.45) is 1.58. The second-order valence-corrected chi connectivity index (χ2v) is 4.45. The molecule has 1 amide bonds. The molecule has 2 aromatic rings. The number of fused-ring (bicyclic) bond motifs is 1. The van der Waals surface area contributed by atoms with Crippen LogP contribution in [0.1, 0.15) is 6.92 Å². The molecule has 1 unspecified atom stereocenters. The maximum absolute atomic E-state index is 11.7. The predicted molar refractivity (Wildman–Crippen MR) is 72.2 cm³/mol. The number of hydrogen-bond donors (Lipinski definition) is 2. The van der Waals surface area contributed by atoms with E-state index in [1.54, 1.807) is 30.5 Å². The minimum absolute atomic E-state index is 0.443. The molecule has 0 aliphatic carbocycles. The third-order valence-corrected chi connectivity index (χ3v) is 3.07. The van der Waals surface area contributed by atoms with Gasteiger partial charge in [-0.1, -0.05) is 11.6 Å². The van der Waals surface area contributed by atoms with Crippen molar-refractivity contribution in [3.05, 3.63) is 35.5 Å². The highest BCUT2D eigenvalue weighted by Gasteiger charge is 2.21. The number of pyridine rings is 1. The summed E-state index contributed by atoms with van der Waals surface area (Å²) in [7, 11) is 0. The van der Waals surface area contributed by atoms with Gasteiger partial charge in [-0.25, -0.2) is 0 Å². The fourth-order valence-electron chi connectivity index (χ4n) is 1.59. The molecule has 1 aromatic carbocycles. The Morgan fingerprint density at radius 2 is 2.11 bits per heavy atom. The summed E-state index contributed by atoms with van der Waals surface area (Å²) in [5.41, 5.74) is 0.971. The number of aromatic nitrogens is 1. The van der Waals surface area contributed by atoms with Crippen LogP contribution < -0.4 is 5.32 Å². The van der Waals surface area contributed by atoms with Crippen molar-refractivity contribution in [2.24, 2.45) is 5.92 Å². The van der Waals surface area contributed by atoms with Crippen molar-refractivity contribution >= 4 is 40.1 Å². The number of amides is 1. The molecule has 19 heavy (non-hydrogen) atoms. The number of carbonyl (C=O) groups is 2. The van der Waals surface area contributed by atoms with E-state index in [-0.39, 0.29) is 0 Å². The number of benzene rings is 1. The van der Waals surface area contributed by atoms with Gasteiger partial charge in [0, 0.05) is 11.6 Å². The third kappa shape index (κ3) is 2.66. The smallest absolute Gasteiger partial charge is 0.315 e. The van der Waals surface area contributed by atoms with Crippen LogP contribution in [0.3, 0.4) is 0 Å². The van der Waals surface area contributed by atoms with Crippen molar-refractivity contribution in [3.63, 3.8) is 0 Å². The van der Waals surface area contributed by atoms with E-state index in [2.05, 4.69) is 10.3 Å². The van der Waals surface area contributed by atoms with E-state index in [1.165, 1.54) is 6.92 Å². The molecule has 0 saturated carbocycles. The Kier molecular flexibility index (Phi) is 3.66. The number of aliphatic carboxylic acids is 1. The average molecular weight is 279 g/mol. The first-order valence-electron chi connectivity index (χ1n) is 5.57. The SMILES string of the molecule is CC(C(=O)O)C(=O)Nc1ccc(Cl)c2cccnc12. The number of carbonyl (C=O) groups excluding carboxylic acids is 1. The Hall–Kier alpha value is -2.14. The molecule has 0 aliphatic heterocycles. The molecule has 1 atom stereocenters. The van der Waals surface area contributed by atoms with Crippen LogP contribution in [0.15, 0.2) is 30.5 Å². The number of carboxylic acids is 1. The number of halogens is 1. The Balaban J connectivity index is 2.39. The van der Waals surface area contributed by atoms with Crippen molar-refractivity contribution in [1.29, 1.82) is 0 Å². The lowest BCUT2D eigenvalue weighted by Crippen LogP contribution is -2.27. The molecule has 98 valence electrons. The van der Waals surface area contributed by atoms with Gasteiger partial charge in [0.25, 0.3) is 0 Å². The Labute approximate surface area is 114 Å². The van der Waals surface area contributed by atoms with Crippen LogP contribution in [-0.4, -0.2) is 22.0 Å². The number of nitrogens with one attached hydrogen (secondary N) is 1. The van der Waals surface area contributed by atoms with E-state index in [0.717, 1.165) is 0 Å². The average Bonchev–Trinajstić information content (AvgIpc) is 2.41. The number of nitrogens with zero attached hydrogens (tertiary/aromatic N) is 1. The van der Waals surface area contributed by atoms with Crippen LogP contribution in [-0.2, 0) is 9.59 Å². The monoisotopic (exact) mass is 278 g/mol. The van der Waals surface area contributed by atoms with Crippen LogP contribution >= 0.6 is 11.6 Å². The standard InChI is InChI=1S/C13H11ClN2O3/c1-7(13(18)19)12(17)16-10-5-4-9(14)8-3-2-6-15-11(8)10/h2-7H,1H3,(H,16,17)(H,18,19). The van der Waals surface area contributed by atoms with E-state index < -0.39 is 17.8 Å². The van der Waals surface area contributed by atoms with Crippen LogP contribution in [0.25, 0.3) is 10.9 Å². The van der Waals surface area contributed by atoms with E-state index in [0.29, 0.717) is 21.6 Å². The van der Waals surface area contributed by atoms with Gasteiger partial charge in [-0.3, -0.25) is 14.6 Å². The van der Waals surface area contributed by atoms with E-state index >= 15 is 0 Å². The number of anilines is 1. The molecule has 1 aromatic heterocycles. The van der Waals surface area contributed by atoms with Crippen molar-refractivity contribution < 1.29 is 14.7 Å². The van der Waals surface area contributed by atoms with Gasteiger partial charge in [0.05, 0.1) is 16.2 Å². The number of carboxylic acid groups (broad SMARTS) is 1. The second kappa shape index (κ2) is 5.24. The van der Waals surface area contributed by atoms with Crippen molar-refractivity contribution in [1.82, 2.24) is 4.98 Å². The molecule has 2 N–H and O–H groups in total. The summed E-state index contributed by atoms with van der Waals surface area (Å²) in [6.45, 7) is 1.32. The molecule has 0 saturated heterocycles. The van der Waals surface area contributed by atoms with Gasteiger partial charge >= 0.3 is 5.97 Å². The van der Waals surface area contributed by atoms with E-state index in [9.17, 15) is 9.59 Å². The van der Waals surface area contributed by atoms with Gasteiger partial charge in [0.2, 0.25) is 5.91 Å². The Morgan fingerprint density at radius 3 is 2.79 bits per heavy atom. The molecule has 2 rings (SSSR count).